The van der Waals surface area contributed by atoms with Crippen LogP contribution in [0.5, 0.6) is 0 Å². The van der Waals surface area contributed by atoms with Crippen LogP contribution in [0, 0.1) is 5.41 Å². The Morgan fingerprint density at radius 2 is 2.00 bits per heavy atom. The van der Waals surface area contributed by atoms with Gasteiger partial charge in [-0.15, -0.1) is 0 Å². The van der Waals surface area contributed by atoms with Crippen molar-refractivity contribution in [1.29, 1.82) is 0 Å². The highest BCUT2D eigenvalue weighted by atomic mass is 79.9. The first-order chi connectivity index (χ1) is 7.39. The van der Waals surface area contributed by atoms with Gasteiger partial charge in [-0.3, -0.25) is 4.79 Å². The molecule has 0 aliphatic rings. The predicted molar refractivity (Wildman–Crippen MR) is 67.7 cm³/mol. The zero-order valence-corrected chi connectivity index (χ0v) is 11.1. The molecule has 0 saturated heterocycles. The van der Waals surface area contributed by atoms with E-state index in [4.69, 9.17) is 4.42 Å². The normalized spacial score (nSPS) is 12.0. The largest absolute Gasteiger partial charge is 0.452 e. The minimum atomic E-state index is -0.416. The van der Waals surface area contributed by atoms with Crippen LogP contribution in [-0.4, -0.2) is 5.78 Å². The van der Waals surface area contributed by atoms with Crippen molar-refractivity contribution >= 4 is 32.7 Å². The average molecular weight is 281 g/mol. The summed E-state index contributed by atoms with van der Waals surface area (Å²) in [5.41, 5.74) is 0.315. The van der Waals surface area contributed by atoms with Gasteiger partial charge in [-0.25, -0.2) is 0 Å². The van der Waals surface area contributed by atoms with Gasteiger partial charge in [-0.1, -0.05) is 32.9 Å². The maximum absolute atomic E-state index is 12.0. The van der Waals surface area contributed by atoms with Crippen molar-refractivity contribution in [3.8, 4) is 0 Å². The highest BCUT2D eigenvalue weighted by Gasteiger charge is 2.26. The summed E-state index contributed by atoms with van der Waals surface area (Å²) in [6.07, 6.45) is 0. The van der Waals surface area contributed by atoms with Crippen LogP contribution >= 0.6 is 15.9 Å². The third-order valence-corrected chi connectivity index (χ3v) is 3.03. The molecule has 0 radical (unpaired) electrons. The fraction of sp³-hybridized carbons (Fsp3) is 0.308. The second kappa shape index (κ2) is 3.74. The number of hydrogen-bond donors (Lipinski definition) is 0. The molecule has 2 nitrogen and oxygen atoms in total. The van der Waals surface area contributed by atoms with Crippen molar-refractivity contribution in [1.82, 2.24) is 0 Å². The molecule has 2 rings (SSSR count). The van der Waals surface area contributed by atoms with Crippen LogP contribution in [0.1, 0.15) is 31.3 Å². The van der Waals surface area contributed by atoms with Crippen molar-refractivity contribution < 1.29 is 9.21 Å². The summed E-state index contributed by atoms with van der Waals surface area (Å²) < 4.78 is 6.46. The summed E-state index contributed by atoms with van der Waals surface area (Å²) in [6, 6.07) is 7.56. The van der Waals surface area contributed by atoms with Gasteiger partial charge in [0.15, 0.2) is 5.76 Å². The van der Waals surface area contributed by atoms with E-state index in [-0.39, 0.29) is 5.78 Å². The predicted octanol–water partition coefficient (Wildman–Crippen LogP) is 4.42. The van der Waals surface area contributed by atoms with Crippen molar-refractivity contribution in [3.63, 3.8) is 0 Å². The fourth-order valence-electron chi connectivity index (χ4n) is 1.51. The minimum Gasteiger partial charge on any atom is -0.452 e. The van der Waals surface area contributed by atoms with Crippen LogP contribution in [0.2, 0.25) is 0 Å². The Hall–Kier alpha value is -1.09. The monoisotopic (exact) mass is 280 g/mol. The van der Waals surface area contributed by atoms with Crippen molar-refractivity contribution in [2.45, 2.75) is 20.8 Å². The molecule has 1 aromatic carbocycles. The summed E-state index contributed by atoms with van der Waals surface area (Å²) in [4.78, 5) is 12.0. The number of halogens is 1. The van der Waals surface area contributed by atoms with Gasteiger partial charge < -0.3 is 4.42 Å². The van der Waals surface area contributed by atoms with Gasteiger partial charge in [0.25, 0.3) is 0 Å². The van der Waals surface area contributed by atoms with Gasteiger partial charge in [-0.05, 0) is 28.1 Å². The number of benzene rings is 1. The number of Topliss-reactive ketones (excluding diaryl/α,β-unsaturated/α-hetero) is 1. The Labute approximate surface area is 103 Å². The second-order valence-corrected chi connectivity index (χ2v) is 5.70. The zero-order chi connectivity index (χ0) is 11.9. The number of furan rings is 1. The van der Waals surface area contributed by atoms with Crippen LogP contribution in [0.4, 0.5) is 0 Å². The van der Waals surface area contributed by atoms with Gasteiger partial charge in [0.2, 0.25) is 5.78 Å². The Bertz CT molecular complexity index is 547. The van der Waals surface area contributed by atoms with E-state index in [0.717, 1.165) is 15.4 Å². The van der Waals surface area contributed by atoms with Gasteiger partial charge in [0.1, 0.15) is 5.58 Å². The molecule has 2 aromatic rings. The molecule has 0 bridgehead atoms. The second-order valence-electron chi connectivity index (χ2n) is 4.85. The van der Waals surface area contributed by atoms with E-state index in [9.17, 15) is 4.79 Å². The molecule has 0 saturated carbocycles. The van der Waals surface area contributed by atoms with E-state index in [1.807, 2.05) is 39.0 Å². The Kier molecular flexibility index (Phi) is 2.66. The number of ketones is 1. The van der Waals surface area contributed by atoms with Gasteiger partial charge in [0.05, 0.1) is 4.47 Å². The van der Waals surface area contributed by atoms with Crippen molar-refractivity contribution in [2.24, 2.45) is 5.41 Å². The maximum atomic E-state index is 12.0. The van der Waals surface area contributed by atoms with Crippen LogP contribution in [0.3, 0.4) is 0 Å². The van der Waals surface area contributed by atoms with E-state index >= 15 is 0 Å². The summed E-state index contributed by atoms with van der Waals surface area (Å²) in [7, 11) is 0. The molecule has 0 aliphatic carbocycles. The Morgan fingerprint density at radius 3 is 2.56 bits per heavy atom. The van der Waals surface area contributed by atoms with Gasteiger partial charge in [-0.2, -0.15) is 0 Å². The molecular formula is C13H13BrO2. The standard InChI is InChI=1S/C13H13BrO2/c1-13(2,3)12(15)10-7-8-5-4-6-9(14)11(8)16-10/h4-7H,1-3H3. The van der Waals surface area contributed by atoms with Gasteiger partial charge in [0, 0.05) is 10.8 Å². The highest BCUT2D eigenvalue weighted by molar-refractivity contribution is 9.10. The SMILES string of the molecule is CC(C)(C)C(=O)c1cc2cccc(Br)c2o1. The Balaban J connectivity index is 2.56. The summed E-state index contributed by atoms with van der Waals surface area (Å²) in [5.74, 6) is 0.449. The third-order valence-electron chi connectivity index (χ3n) is 2.40. The topological polar surface area (TPSA) is 30.2 Å². The molecular weight excluding hydrogens is 268 g/mol. The molecule has 1 aromatic heterocycles. The lowest BCUT2D eigenvalue weighted by Gasteiger charge is -2.13. The fourth-order valence-corrected chi connectivity index (χ4v) is 1.97. The Morgan fingerprint density at radius 1 is 1.31 bits per heavy atom. The molecule has 0 unspecified atom stereocenters. The van der Waals surface area contributed by atoms with E-state index in [1.54, 1.807) is 6.07 Å². The molecule has 0 atom stereocenters. The van der Waals surface area contributed by atoms with Crippen LogP contribution in [0.15, 0.2) is 33.2 Å². The number of hydrogen-bond acceptors (Lipinski definition) is 2. The molecule has 0 N–H and O–H groups in total. The van der Waals surface area contributed by atoms with Crippen molar-refractivity contribution in [3.05, 3.63) is 34.5 Å². The molecule has 0 aliphatic heterocycles. The molecule has 0 amide bonds. The summed E-state index contributed by atoms with van der Waals surface area (Å²) >= 11 is 3.40. The number of carbonyl (C=O) groups excluding carboxylic acids is 1. The lowest BCUT2D eigenvalue weighted by Crippen LogP contribution is -2.19. The summed E-state index contributed by atoms with van der Waals surface area (Å²) in [6.45, 7) is 5.66. The first kappa shape index (κ1) is 11.4. The van der Waals surface area contributed by atoms with Crippen LogP contribution in [0.25, 0.3) is 11.0 Å². The van der Waals surface area contributed by atoms with Crippen molar-refractivity contribution in [2.75, 3.05) is 0 Å². The molecule has 16 heavy (non-hydrogen) atoms. The first-order valence-corrected chi connectivity index (χ1v) is 5.92. The number of carbonyl (C=O) groups is 1. The van der Waals surface area contributed by atoms with Crippen LogP contribution < -0.4 is 0 Å². The average Bonchev–Trinajstić information content (AvgIpc) is 2.60. The third kappa shape index (κ3) is 1.92. The van der Waals surface area contributed by atoms with E-state index in [2.05, 4.69) is 15.9 Å². The number of para-hydroxylation sites is 1. The van der Waals surface area contributed by atoms with E-state index in [1.165, 1.54) is 0 Å². The summed E-state index contributed by atoms with van der Waals surface area (Å²) in [5, 5.41) is 0.946. The minimum absolute atomic E-state index is 0.0237. The maximum Gasteiger partial charge on any atom is 0.203 e. The molecule has 0 fully saturated rings. The molecule has 3 heteroatoms. The van der Waals surface area contributed by atoms with Gasteiger partial charge >= 0.3 is 0 Å². The quantitative estimate of drug-likeness (QED) is 0.724. The smallest absolute Gasteiger partial charge is 0.203 e. The van der Waals surface area contributed by atoms with E-state index < -0.39 is 5.41 Å². The number of fused-ring (bicyclic) bond motifs is 1. The van der Waals surface area contributed by atoms with E-state index in [0.29, 0.717) is 5.76 Å². The lowest BCUT2D eigenvalue weighted by atomic mass is 9.89. The molecule has 84 valence electrons. The highest BCUT2D eigenvalue weighted by Crippen LogP contribution is 2.30. The first-order valence-electron chi connectivity index (χ1n) is 5.12. The van der Waals surface area contributed by atoms with Crippen LogP contribution in [-0.2, 0) is 0 Å². The number of rotatable bonds is 1. The molecule has 1 heterocycles. The zero-order valence-electron chi connectivity index (χ0n) is 9.50. The lowest BCUT2D eigenvalue weighted by molar-refractivity contribution is 0.0831. The molecule has 0 spiro atoms.